The summed E-state index contributed by atoms with van der Waals surface area (Å²) in [7, 11) is 0. The van der Waals surface area contributed by atoms with Crippen molar-refractivity contribution in [3.05, 3.63) is 47.8 Å². The minimum atomic E-state index is -1.07. The zero-order valence-electron chi connectivity index (χ0n) is 16.9. The molecule has 2 unspecified atom stereocenters. The van der Waals surface area contributed by atoms with Crippen LogP contribution in [0.1, 0.15) is 35.3 Å². The number of carbonyl (C=O) groups excluding carboxylic acids is 2. The van der Waals surface area contributed by atoms with Gasteiger partial charge in [-0.25, -0.2) is 13.9 Å². The summed E-state index contributed by atoms with van der Waals surface area (Å²) in [4.78, 5) is 28.3. The van der Waals surface area contributed by atoms with Gasteiger partial charge in [-0.15, -0.1) is 5.10 Å². The third kappa shape index (κ3) is 4.77. The van der Waals surface area contributed by atoms with Gasteiger partial charge in [0.1, 0.15) is 6.17 Å². The third-order valence-electron chi connectivity index (χ3n) is 5.71. The summed E-state index contributed by atoms with van der Waals surface area (Å²) in [5.41, 5.74) is 1.43. The summed E-state index contributed by atoms with van der Waals surface area (Å²) in [6, 6.07) is 9.29. The van der Waals surface area contributed by atoms with Crippen LogP contribution in [-0.2, 0) is 13.0 Å². The third-order valence-corrected chi connectivity index (χ3v) is 5.71. The van der Waals surface area contributed by atoms with Crippen LogP contribution in [0.15, 0.2) is 36.5 Å². The van der Waals surface area contributed by atoms with E-state index in [-0.39, 0.29) is 30.9 Å². The van der Waals surface area contributed by atoms with E-state index in [1.807, 2.05) is 30.3 Å². The molecule has 1 N–H and O–H groups in total. The van der Waals surface area contributed by atoms with Crippen LogP contribution < -0.4 is 5.32 Å². The maximum absolute atomic E-state index is 14.1. The van der Waals surface area contributed by atoms with Crippen molar-refractivity contribution in [1.82, 2.24) is 30.1 Å². The van der Waals surface area contributed by atoms with E-state index in [0.717, 1.165) is 37.9 Å². The normalized spacial score (nSPS) is 21.2. The lowest BCUT2D eigenvalue weighted by molar-refractivity contribution is 0.0787. The minimum absolute atomic E-state index is 0.0656. The van der Waals surface area contributed by atoms with Gasteiger partial charge in [-0.3, -0.25) is 4.79 Å². The zero-order chi connectivity index (χ0) is 20.9. The fourth-order valence-corrected chi connectivity index (χ4v) is 4.13. The van der Waals surface area contributed by atoms with Crippen LogP contribution in [0.5, 0.6) is 0 Å². The number of rotatable bonds is 6. The minimum Gasteiger partial charge on any atom is -0.338 e. The molecule has 2 fully saturated rings. The van der Waals surface area contributed by atoms with E-state index in [9.17, 15) is 14.0 Å². The highest BCUT2D eigenvalue weighted by molar-refractivity contribution is 5.92. The molecular weight excluding hydrogens is 387 g/mol. The maximum atomic E-state index is 14.1. The Kier molecular flexibility index (Phi) is 6.25. The van der Waals surface area contributed by atoms with Crippen molar-refractivity contribution in [3.8, 4) is 0 Å². The molecule has 2 aromatic rings. The number of nitrogens with one attached hydrogen (secondary N) is 1. The first kappa shape index (κ1) is 20.3. The van der Waals surface area contributed by atoms with Crippen LogP contribution in [0.25, 0.3) is 0 Å². The molecule has 4 rings (SSSR count). The average molecular weight is 414 g/mol. The molecule has 1 aromatic carbocycles. The van der Waals surface area contributed by atoms with E-state index in [2.05, 4.69) is 15.6 Å². The van der Waals surface area contributed by atoms with Gasteiger partial charge in [0.05, 0.1) is 25.3 Å². The van der Waals surface area contributed by atoms with E-state index in [1.54, 1.807) is 11.1 Å². The van der Waals surface area contributed by atoms with Crippen molar-refractivity contribution in [2.45, 2.75) is 44.4 Å². The van der Waals surface area contributed by atoms with Gasteiger partial charge in [0, 0.05) is 26.1 Å². The van der Waals surface area contributed by atoms with Crippen LogP contribution in [-0.4, -0.2) is 75.1 Å². The van der Waals surface area contributed by atoms with Crippen molar-refractivity contribution in [1.29, 1.82) is 0 Å². The first-order chi connectivity index (χ1) is 14.6. The highest BCUT2D eigenvalue weighted by Gasteiger charge is 2.36. The van der Waals surface area contributed by atoms with Gasteiger partial charge in [-0.05, 0) is 24.8 Å². The quantitative estimate of drug-likeness (QED) is 0.782. The second-order valence-electron chi connectivity index (χ2n) is 7.93. The second kappa shape index (κ2) is 9.23. The molecular formula is C21H27FN6O2. The molecule has 30 heavy (non-hydrogen) atoms. The Balaban J connectivity index is 1.32. The summed E-state index contributed by atoms with van der Waals surface area (Å²) in [6.07, 6.45) is 3.51. The number of alkyl halides is 1. The number of hydrogen-bond donors (Lipinski definition) is 1. The number of nitrogens with zero attached hydrogens (tertiary/aromatic N) is 5. The topological polar surface area (TPSA) is 83.4 Å². The van der Waals surface area contributed by atoms with Crippen LogP contribution in [0, 0.1) is 0 Å². The summed E-state index contributed by atoms with van der Waals surface area (Å²) in [6.45, 7) is 2.35. The average Bonchev–Trinajstić information content (AvgIpc) is 3.50. The molecule has 2 saturated heterocycles. The highest BCUT2D eigenvalue weighted by atomic mass is 19.1. The van der Waals surface area contributed by atoms with E-state index >= 15 is 0 Å². The lowest BCUT2D eigenvalue weighted by Gasteiger charge is -2.24. The Morgan fingerprint density at radius 3 is 2.70 bits per heavy atom. The molecule has 2 atom stereocenters. The van der Waals surface area contributed by atoms with E-state index in [4.69, 9.17) is 0 Å². The molecule has 0 saturated carbocycles. The fourth-order valence-electron chi connectivity index (χ4n) is 4.13. The SMILES string of the molecule is O=C(c1cn(CC2CC(F)CN2C(=O)NCCc2ccccc2)nn1)N1CCCC1. The summed E-state index contributed by atoms with van der Waals surface area (Å²) >= 11 is 0. The van der Waals surface area contributed by atoms with Gasteiger partial charge >= 0.3 is 6.03 Å². The smallest absolute Gasteiger partial charge is 0.317 e. The molecule has 2 aliphatic rings. The second-order valence-corrected chi connectivity index (χ2v) is 7.93. The highest BCUT2D eigenvalue weighted by Crippen LogP contribution is 2.22. The van der Waals surface area contributed by atoms with Gasteiger partial charge in [0.2, 0.25) is 0 Å². The van der Waals surface area contributed by atoms with Crippen molar-refractivity contribution in [2.75, 3.05) is 26.2 Å². The van der Waals surface area contributed by atoms with Gasteiger partial charge in [-0.1, -0.05) is 35.5 Å². The van der Waals surface area contributed by atoms with Crippen molar-refractivity contribution in [3.63, 3.8) is 0 Å². The molecule has 0 aliphatic carbocycles. The van der Waals surface area contributed by atoms with Crippen molar-refractivity contribution in [2.24, 2.45) is 0 Å². The van der Waals surface area contributed by atoms with E-state index in [1.165, 1.54) is 9.58 Å². The van der Waals surface area contributed by atoms with Gasteiger partial charge in [0.15, 0.2) is 5.69 Å². The van der Waals surface area contributed by atoms with Crippen LogP contribution >= 0.6 is 0 Å². The van der Waals surface area contributed by atoms with Crippen molar-refractivity contribution >= 4 is 11.9 Å². The molecule has 160 valence electrons. The largest absolute Gasteiger partial charge is 0.338 e. The molecule has 3 amide bonds. The van der Waals surface area contributed by atoms with Gasteiger partial charge in [-0.2, -0.15) is 0 Å². The molecule has 0 radical (unpaired) electrons. The number of carbonyl (C=O) groups is 2. The Morgan fingerprint density at radius 1 is 1.17 bits per heavy atom. The number of hydrogen-bond acceptors (Lipinski definition) is 4. The predicted molar refractivity (Wildman–Crippen MR) is 109 cm³/mol. The van der Waals surface area contributed by atoms with Crippen LogP contribution in [0.4, 0.5) is 9.18 Å². The first-order valence-electron chi connectivity index (χ1n) is 10.5. The molecule has 0 spiro atoms. The Morgan fingerprint density at radius 2 is 1.93 bits per heavy atom. The van der Waals surface area contributed by atoms with Crippen LogP contribution in [0.3, 0.4) is 0 Å². The van der Waals surface area contributed by atoms with Crippen molar-refractivity contribution < 1.29 is 14.0 Å². The molecule has 3 heterocycles. The van der Waals surface area contributed by atoms with E-state index in [0.29, 0.717) is 18.8 Å². The van der Waals surface area contributed by atoms with Gasteiger partial charge < -0.3 is 15.1 Å². The standard InChI is InChI=1S/C21H27FN6O2/c22-17-12-18(14-27-15-19(24-25-27)20(29)26-10-4-5-11-26)28(13-17)21(30)23-9-8-16-6-2-1-3-7-16/h1-3,6-7,15,17-18H,4-5,8-14H2,(H,23,30). The lowest BCUT2D eigenvalue weighted by Crippen LogP contribution is -2.45. The summed E-state index contributed by atoms with van der Waals surface area (Å²) < 4.78 is 15.6. The van der Waals surface area contributed by atoms with Crippen LogP contribution in [0.2, 0.25) is 0 Å². The Hall–Kier alpha value is -2.97. The molecule has 1 aromatic heterocycles. The fraction of sp³-hybridized carbons (Fsp3) is 0.524. The maximum Gasteiger partial charge on any atom is 0.317 e. The number of likely N-dealkylation sites (tertiary alicyclic amines) is 2. The number of urea groups is 1. The number of aromatic nitrogens is 3. The molecule has 9 heteroatoms. The summed E-state index contributed by atoms with van der Waals surface area (Å²) in [5.74, 6) is -0.121. The Labute approximate surface area is 175 Å². The molecule has 8 nitrogen and oxygen atoms in total. The predicted octanol–water partition coefficient (Wildman–Crippen LogP) is 1.88. The lowest BCUT2D eigenvalue weighted by atomic mass is 10.1. The molecule has 0 bridgehead atoms. The zero-order valence-corrected chi connectivity index (χ0v) is 16.9. The number of halogens is 1. The molecule has 2 aliphatic heterocycles. The first-order valence-corrected chi connectivity index (χ1v) is 10.5. The van der Waals surface area contributed by atoms with E-state index < -0.39 is 6.17 Å². The van der Waals surface area contributed by atoms with Gasteiger partial charge in [0.25, 0.3) is 5.91 Å². The Bertz CT molecular complexity index is 867. The number of benzene rings is 1. The monoisotopic (exact) mass is 414 g/mol. The summed E-state index contributed by atoms with van der Waals surface area (Å²) in [5, 5.41) is 10.9. The number of amides is 3.